The zero-order valence-electron chi connectivity index (χ0n) is 8.11. The first kappa shape index (κ1) is 9.68. The van der Waals surface area contributed by atoms with Gasteiger partial charge in [-0.1, -0.05) is 17.7 Å². The van der Waals surface area contributed by atoms with Crippen LogP contribution in [0.25, 0.3) is 0 Å². The van der Waals surface area contributed by atoms with Crippen LogP contribution in [0.2, 0.25) is 0 Å². The quantitative estimate of drug-likeness (QED) is 0.697. The molecule has 1 aromatic rings. The minimum absolute atomic E-state index is 0.210. The van der Waals surface area contributed by atoms with Crippen molar-refractivity contribution in [1.29, 1.82) is 0 Å². The van der Waals surface area contributed by atoms with Gasteiger partial charge in [-0.15, -0.1) is 0 Å². The van der Waals surface area contributed by atoms with Crippen LogP contribution < -0.4 is 0 Å². The van der Waals surface area contributed by atoms with E-state index in [1.807, 2.05) is 6.92 Å². The van der Waals surface area contributed by atoms with E-state index < -0.39 is 15.4 Å². The molecule has 0 aromatic heterocycles. The summed E-state index contributed by atoms with van der Waals surface area (Å²) < 4.78 is 23.2. The van der Waals surface area contributed by atoms with Crippen LogP contribution in [0.3, 0.4) is 0 Å². The Kier molecular flexibility index (Phi) is 1.78. The lowest BCUT2D eigenvalue weighted by Gasteiger charge is -2.15. The highest BCUT2D eigenvalue weighted by Crippen LogP contribution is 2.37. The first-order valence-electron chi connectivity index (χ1n) is 4.39. The molecule has 0 fully saturated rings. The molecule has 0 spiro atoms. The summed E-state index contributed by atoms with van der Waals surface area (Å²) in [5, 5.41) is 9.93. The molecule has 1 atom stereocenters. The second-order valence-electron chi connectivity index (χ2n) is 4.03. The SMILES string of the molecule is Cc1ccc2c(c1)C(C)(O)CS2(=O)=O. The van der Waals surface area contributed by atoms with Crippen molar-refractivity contribution in [3.63, 3.8) is 0 Å². The lowest BCUT2D eigenvalue weighted by Crippen LogP contribution is -2.22. The number of rotatable bonds is 0. The van der Waals surface area contributed by atoms with Gasteiger partial charge in [-0.2, -0.15) is 0 Å². The lowest BCUT2D eigenvalue weighted by atomic mass is 9.97. The number of aliphatic hydroxyl groups is 1. The molecule has 76 valence electrons. The van der Waals surface area contributed by atoms with Crippen LogP contribution in [-0.2, 0) is 15.4 Å². The van der Waals surface area contributed by atoms with E-state index in [-0.39, 0.29) is 10.6 Å². The molecule has 3 nitrogen and oxygen atoms in total. The topological polar surface area (TPSA) is 54.4 Å². The van der Waals surface area contributed by atoms with E-state index in [0.29, 0.717) is 5.56 Å². The fraction of sp³-hybridized carbons (Fsp3) is 0.400. The Balaban J connectivity index is 2.79. The molecule has 1 aromatic carbocycles. The predicted molar refractivity (Wildman–Crippen MR) is 52.8 cm³/mol. The highest BCUT2D eigenvalue weighted by molar-refractivity contribution is 7.91. The standard InChI is InChI=1S/C10H12O3S/c1-7-3-4-9-8(5-7)10(2,11)6-14(9,12)13/h3-5,11H,6H2,1-2H3. The number of aryl methyl sites for hydroxylation is 1. The fourth-order valence-corrected chi connectivity index (χ4v) is 3.80. The summed E-state index contributed by atoms with van der Waals surface area (Å²) in [7, 11) is -3.28. The van der Waals surface area contributed by atoms with Crippen LogP contribution in [-0.4, -0.2) is 19.3 Å². The van der Waals surface area contributed by atoms with E-state index >= 15 is 0 Å². The van der Waals surface area contributed by atoms with Gasteiger partial charge in [0, 0.05) is 5.56 Å². The lowest BCUT2D eigenvalue weighted by molar-refractivity contribution is 0.0842. The maximum absolute atomic E-state index is 11.6. The molecule has 2 rings (SSSR count). The summed E-state index contributed by atoms with van der Waals surface area (Å²) in [5.74, 6) is -0.210. The normalized spacial score (nSPS) is 28.8. The molecular formula is C10H12O3S. The minimum Gasteiger partial charge on any atom is -0.384 e. The second kappa shape index (κ2) is 2.58. The van der Waals surface area contributed by atoms with Crippen LogP contribution >= 0.6 is 0 Å². The highest BCUT2D eigenvalue weighted by Gasteiger charge is 2.42. The molecule has 1 aliphatic heterocycles. The average Bonchev–Trinajstić information content (AvgIpc) is 2.17. The molecule has 1 unspecified atom stereocenters. The van der Waals surface area contributed by atoms with Crippen molar-refractivity contribution in [2.45, 2.75) is 24.3 Å². The van der Waals surface area contributed by atoms with Gasteiger partial charge in [0.15, 0.2) is 9.84 Å². The van der Waals surface area contributed by atoms with Gasteiger partial charge in [0.25, 0.3) is 0 Å². The molecule has 1 heterocycles. The average molecular weight is 212 g/mol. The summed E-state index contributed by atoms with van der Waals surface area (Å²) >= 11 is 0. The first-order valence-corrected chi connectivity index (χ1v) is 6.04. The van der Waals surface area contributed by atoms with Gasteiger partial charge in [-0.05, 0) is 19.9 Å². The fourth-order valence-electron chi connectivity index (χ4n) is 1.86. The third kappa shape index (κ3) is 1.26. The van der Waals surface area contributed by atoms with Crippen molar-refractivity contribution in [2.75, 3.05) is 5.75 Å². The van der Waals surface area contributed by atoms with Gasteiger partial charge in [0.05, 0.1) is 10.6 Å². The third-order valence-corrected chi connectivity index (χ3v) is 4.49. The van der Waals surface area contributed by atoms with Gasteiger partial charge in [0.1, 0.15) is 5.60 Å². The molecule has 0 bridgehead atoms. The molecule has 0 radical (unpaired) electrons. The maximum Gasteiger partial charge on any atom is 0.181 e. The maximum atomic E-state index is 11.6. The second-order valence-corrected chi connectivity index (χ2v) is 5.99. The Bertz CT molecular complexity index is 486. The third-order valence-electron chi connectivity index (χ3n) is 2.52. The van der Waals surface area contributed by atoms with Crippen LogP contribution in [0.15, 0.2) is 23.1 Å². The molecule has 14 heavy (non-hydrogen) atoms. The molecule has 0 amide bonds. The number of hydrogen-bond acceptors (Lipinski definition) is 3. The van der Waals surface area contributed by atoms with E-state index in [4.69, 9.17) is 0 Å². The van der Waals surface area contributed by atoms with Gasteiger partial charge < -0.3 is 5.11 Å². The molecule has 4 heteroatoms. The summed E-state index contributed by atoms with van der Waals surface area (Å²) in [4.78, 5) is 0.271. The van der Waals surface area contributed by atoms with Gasteiger partial charge in [0.2, 0.25) is 0 Å². The first-order chi connectivity index (χ1) is 6.33. The van der Waals surface area contributed by atoms with E-state index in [1.54, 1.807) is 18.2 Å². The highest BCUT2D eigenvalue weighted by atomic mass is 32.2. The van der Waals surface area contributed by atoms with Crippen molar-refractivity contribution < 1.29 is 13.5 Å². The number of benzene rings is 1. The Hall–Kier alpha value is -0.870. The molecule has 0 saturated heterocycles. The summed E-state index contributed by atoms with van der Waals surface area (Å²) in [5.41, 5.74) is 0.249. The van der Waals surface area contributed by atoms with Crippen molar-refractivity contribution in [1.82, 2.24) is 0 Å². The van der Waals surface area contributed by atoms with Gasteiger partial charge in [-0.25, -0.2) is 8.42 Å². The van der Waals surface area contributed by atoms with Gasteiger partial charge in [-0.3, -0.25) is 0 Å². The molecule has 0 aliphatic carbocycles. The van der Waals surface area contributed by atoms with Crippen molar-refractivity contribution in [3.8, 4) is 0 Å². The minimum atomic E-state index is -3.28. The summed E-state index contributed by atoms with van der Waals surface area (Å²) in [6.45, 7) is 3.41. The molecular weight excluding hydrogens is 200 g/mol. The predicted octanol–water partition coefficient (Wildman–Crippen LogP) is 0.990. The van der Waals surface area contributed by atoms with Crippen molar-refractivity contribution in [3.05, 3.63) is 29.3 Å². The Morgan fingerprint density at radius 2 is 2.07 bits per heavy atom. The molecule has 1 N–H and O–H groups in total. The van der Waals surface area contributed by atoms with Crippen LogP contribution in [0.1, 0.15) is 18.1 Å². The van der Waals surface area contributed by atoms with Crippen molar-refractivity contribution in [2.24, 2.45) is 0 Å². The monoisotopic (exact) mass is 212 g/mol. The van der Waals surface area contributed by atoms with E-state index in [9.17, 15) is 13.5 Å². The van der Waals surface area contributed by atoms with Crippen LogP contribution in [0.4, 0.5) is 0 Å². The number of fused-ring (bicyclic) bond motifs is 1. The smallest absolute Gasteiger partial charge is 0.181 e. The van der Waals surface area contributed by atoms with E-state index in [1.165, 1.54) is 6.92 Å². The Morgan fingerprint density at radius 1 is 1.43 bits per heavy atom. The summed E-state index contributed by atoms with van der Waals surface area (Å²) in [6, 6.07) is 5.05. The van der Waals surface area contributed by atoms with E-state index in [0.717, 1.165) is 5.56 Å². The van der Waals surface area contributed by atoms with Crippen LogP contribution in [0.5, 0.6) is 0 Å². The Morgan fingerprint density at radius 3 is 2.71 bits per heavy atom. The van der Waals surface area contributed by atoms with Gasteiger partial charge >= 0.3 is 0 Å². The van der Waals surface area contributed by atoms with Crippen molar-refractivity contribution >= 4 is 9.84 Å². The largest absolute Gasteiger partial charge is 0.384 e. The summed E-state index contributed by atoms with van der Waals surface area (Å²) in [6.07, 6.45) is 0. The number of sulfone groups is 1. The number of hydrogen-bond donors (Lipinski definition) is 1. The zero-order valence-corrected chi connectivity index (χ0v) is 8.93. The molecule has 0 saturated carbocycles. The molecule has 1 aliphatic rings. The Labute approximate surface area is 83.3 Å². The zero-order chi connectivity index (χ0) is 10.6. The van der Waals surface area contributed by atoms with E-state index in [2.05, 4.69) is 0 Å². The van der Waals surface area contributed by atoms with Crippen LogP contribution in [0, 0.1) is 6.92 Å².